The molecule has 8 N–H and O–H groups in total. The van der Waals surface area contributed by atoms with E-state index in [1.54, 1.807) is 116 Å². The molecule has 4 amide bonds. The number of nitrogens with zero attached hydrogens (tertiary/aromatic N) is 4. The van der Waals surface area contributed by atoms with Crippen LogP contribution in [0, 0.1) is 0 Å². The van der Waals surface area contributed by atoms with Crippen LogP contribution in [0.4, 0.5) is 0 Å². The lowest BCUT2D eigenvalue weighted by molar-refractivity contribution is -0.796. The second-order valence-corrected chi connectivity index (χ2v) is 12.9. The molecular formula is C42H60N8O11+4. The first-order valence-electron chi connectivity index (χ1n) is 19.6. The summed E-state index contributed by atoms with van der Waals surface area (Å²) in [6.07, 6.45) is 12.6. The number of amides is 4. The molecule has 6 unspecified atom stereocenters. The minimum atomic E-state index is -0.937. The molecule has 6 atom stereocenters. The standard InChI is InChI=1S/C22H30N4O6.C18H22N4O4.C2H4O/c1-17(27)31-15-9-23-21(29)19(25-11-5-3-6-12-25)20(26-13-7-4-8-14-26)22(30)24-10-16-32-18(2)28;23-13-7-19-17(25)15(21-9-3-1-4-10-21)16(18(26)20-8-14-24)22-11-5-2-6-12-22;1-2-3/h3-8,11-14,17-20,27-28H,9-10,15-16H2,1-2H3;1-6,9-12,15-16,23-24H,7-8,13-14H2;2H,1H3/p+4. The van der Waals surface area contributed by atoms with Gasteiger partial charge in [0.1, 0.15) is 6.29 Å². The van der Waals surface area contributed by atoms with E-state index in [9.17, 15) is 29.4 Å². The van der Waals surface area contributed by atoms with Crippen molar-refractivity contribution in [2.75, 3.05) is 52.6 Å². The maximum Gasteiger partial charge on any atom is 0.306 e. The first-order chi connectivity index (χ1) is 29.5. The van der Waals surface area contributed by atoms with Crippen LogP contribution < -0.4 is 39.5 Å². The number of hydrogen-bond donors (Lipinski definition) is 8. The Bertz CT molecular complexity index is 1700. The Morgan fingerprint density at radius 1 is 0.475 bits per heavy atom. The summed E-state index contributed by atoms with van der Waals surface area (Å²) in [5.41, 5.74) is 0. The number of aliphatic hydroxyl groups is 4. The van der Waals surface area contributed by atoms with Crippen LogP contribution in [0.2, 0.25) is 0 Å². The van der Waals surface area contributed by atoms with Crippen LogP contribution in [0.1, 0.15) is 44.9 Å². The van der Waals surface area contributed by atoms with E-state index in [1.807, 2.05) is 24.3 Å². The minimum absolute atomic E-state index is 0.0904. The zero-order valence-corrected chi connectivity index (χ0v) is 34.7. The van der Waals surface area contributed by atoms with E-state index in [0.717, 1.165) is 6.29 Å². The monoisotopic (exact) mass is 852 g/mol. The summed E-state index contributed by atoms with van der Waals surface area (Å²) >= 11 is 0. The number of carbonyl (C=O) groups excluding carboxylic acids is 5. The van der Waals surface area contributed by atoms with Crippen LogP contribution in [0.25, 0.3) is 0 Å². The molecule has 0 radical (unpaired) electrons. The van der Waals surface area contributed by atoms with E-state index in [2.05, 4.69) is 21.3 Å². The fourth-order valence-corrected chi connectivity index (χ4v) is 5.74. The molecular weight excluding hydrogens is 793 g/mol. The maximum absolute atomic E-state index is 13.2. The van der Waals surface area contributed by atoms with Gasteiger partial charge in [0.25, 0.3) is 23.6 Å². The number of pyridine rings is 4. The molecule has 19 heteroatoms. The van der Waals surface area contributed by atoms with Gasteiger partial charge in [-0.25, -0.2) is 0 Å². The van der Waals surface area contributed by atoms with E-state index >= 15 is 0 Å². The van der Waals surface area contributed by atoms with Crippen molar-refractivity contribution in [2.45, 2.75) is 57.5 Å². The van der Waals surface area contributed by atoms with Crippen molar-refractivity contribution in [3.05, 3.63) is 122 Å². The Morgan fingerprint density at radius 3 is 0.885 bits per heavy atom. The third-order valence-corrected chi connectivity index (χ3v) is 8.25. The highest BCUT2D eigenvalue weighted by Crippen LogP contribution is 2.15. The van der Waals surface area contributed by atoms with Gasteiger partial charge in [-0.3, -0.25) is 19.2 Å². The van der Waals surface area contributed by atoms with Gasteiger partial charge in [0.15, 0.2) is 62.2 Å². The van der Waals surface area contributed by atoms with E-state index in [4.69, 9.17) is 24.5 Å². The lowest BCUT2D eigenvalue weighted by atomic mass is 10.0. The summed E-state index contributed by atoms with van der Waals surface area (Å²) < 4.78 is 16.8. The van der Waals surface area contributed by atoms with Crippen molar-refractivity contribution in [1.29, 1.82) is 0 Å². The Hall–Kier alpha value is -6.09. The Labute approximate surface area is 355 Å². The smallest absolute Gasteiger partial charge is 0.306 e. The SMILES string of the molecule is CC(O)OCCNC(=O)C(C(C(=O)NCCOC(C)O)[n+]1ccccc1)[n+]1ccccc1.CC=O.O=C(NCCO)C(C(C(=O)NCCO)[n+]1ccccc1)[n+]1ccccc1. The van der Waals surface area contributed by atoms with E-state index in [1.165, 1.54) is 20.8 Å². The van der Waals surface area contributed by atoms with Crippen LogP contribution in [-0.2, 0) is 33.4 Å². The Kier molecular flexibility index (Phi) is 25.1. The van der Waals surface area contributed by atoms with Crippen LogP contribution in [0.15, 0.2) is 122 Å². The first kappa shape index (κ1) is 51.1. The van der Waals surface area contributed by atoms with Crippen molar-refractivity contribution < 1.29 is 72.1 Å². The lowest BCUT2D eigenvalue weighted by Crippen LogP contribution is -2.62. The molecule has 4 aromatic heterocycles. The van der Waals surface area contributed by atoms with Crippen LogP contribution in [0.3, 0.4) is 0 Å². The molecule has 4 heterocycles. The van der Waals surface area contributed by atoms with Gasteiger partial charge in [-0.05, 0) is 20.8 Å². The van der Waals surface area contributed by atoms with Gasteiger partial charge in [0.2, 0.25) is 0 Å². The van der Waals surface area contributed by atoms with Gasteiger partial charge in [0.05, 0.1) is 26.4 Å². The largest absolute Gasteiger partial charge is 0.395 e. The zero-order valence-electron chi connectivity index (χ0n) is 34.7. The molecule has 61 heavy (non-hydrogen) atoms. The predicted molar refractivity (Wildman–Crippen MR) is 216 cm³/mol. The number of aliphatic hydroxyl groups excluding tert-OH is 4. The van der Waals surface area contributed by atoms with Gasteiger partial charge in [-0.15, -0.1) is 0 Å². The van der Waals surface area contributed by atoms with Gasteiger partial charge in [-0.1, -0.05) is 24.3 Å². The average Bonchev–Trinajstić information content (AvgIpc) is 3.27. The normalized spacial score (nSPS) is 13.4. The summed E-state index contributed by atoms with van der Waals surface area (Å²) in [6, 6.07) is 17.9. The average molecular weight is 853 g/mol. The van der Waals surface area contributed by atoms with Gasteiger partial charge < -0.3 is 56.0 Å². The van der Waals surface area contributed by atoms with E-state index in [-0.39, 0.29) is 64.4 Å². The van der Waals surface area contributed by atoms with E-state index < -0.39 is 48.6 Å². The highest BCUT2D eigenvalue weighted by Gasteiger charge is 2.49. The number of nitrogens with one attached hydrogen (secondary N) is 4. The Morgan fingerprint density at radius 2 is 0.689 bits per heavy atom. The molecule has 4 rings (SSSR count). The van der Waals surface area contributed by atoms with Crippen LogP contribution in [-0.4, -0.2) is 116 Å². The minimum Gasteiger partial charge on any atom is -0.395 e. The van der Waals surface area contributed by atoms with Crippen molar-refractivity contribution in [3.63, 3.8) is 0 Å². The molecule has 0 aliphatic heterocycles. The van der Waals surface area contributed by atoms with Crippen molar-refractivity contribution in [3.8, 4) is 0 Å². The molecule has 0 spiro atoms. The second-order valence-electron chi connectivity index (χ2n) is 12.9. The number of aromatic nitrogens is 4. The summed E-state index contributed by atoms with van der Waals surface area (Å²) in [5.74, 6) is -1.55. The molecule has 0 saturated carbocycles. The zero-order chi connectivity index (χ0) is 44.8. The summed E-state index contributed by atoms with van der Waals surface area (Å²) in [4.78, 5) is 60.9. The van der Waals surface area contributed by atoms with Gasteiger partial charge in [-0.2, -0.15) is 18.3 Å². The number of aldehydes is 1. The van der Waals surface area contributed by atoms with Gasteiger partial charge in [0, 0.05) is 74.7 Å². The van der Waals surface area contributed by atoms with Crippen molar-refractivity contribution in [2.24, 2.45) is 0 Å². The van der Waals surface area contributed by atoms with E-state index in [0.29, 0.717) is 0 Å². The molecule has 19 nitrogen and oxygen atoms in total. The summed E-state index contributed by atoms with van der Waals surface area (Å²) in [7, 11) is 0. The Balaban J connectivity index is 0.000000402. The first-order valence-corrected chi connectivity index (χ1v) is 19.6. The number of rotatable bonds is 22. The van der Waals surface area contributed by atoms with Gasteiger partial charge >= 0.3 is 24.2 Å². The second kappa shape index (κ2) is 30.0. The predicted octanol–water partition coefficient (Wildman–Crippen LogP) is -2.55. The molecule has 0 fully saturated rings. The highest BCUT2D eigenvalue weighted by atomic mass is 16.6. The molecule has 4 aromatic rings. The number of hydrogen-bond acceptors (Lipinski definition) is 11. The molecule has 330 valence electrons. The maximum atomic E-state index is 13.2. The van der Waals surface area contributed by atoms with Crippen molar-refractivity contribution in [1.82, 2.24) is 21.3 Å². The molecule has 0 aliphatic rings. The highest BCUT2D eigenvalue weighted by molar-refractivity contribution is 5.88. The quantitative estimate of drug-likeness (QED) is 0.0177. The lowest BCUT2D eigenvalue weighted by Gasteiger charge is -2.19. The summed E-state index contributed by atoms with van der Waals surface area (Å²) in [5, 5.41) is 47.3. The van der Waals surface area contributed by atoms with Crippen molar-refractivity contribution >= 4 is 29.9 Å². The molecule has 0 aromatic carbocycles. The molecule has 0 saturated heterocycles. The third-order valence-electron chi connectivity index (χ3n) is 8.25. The topological polar surface area (TPSA) is 248 Å². The fraction of sp³-hybridized carbons (Fsp3) is 0.405. The molecule has 0 bridgehead atoms. The molecule has 0 aliphatic carbocycles. The number of ether oxygens (including phenoxy) is 2. The summed E-state index contributed by atoms with van der Waals surface area (Å²) in [6.45, 7) is 4.79. The third kappa shape index (κ3) is 18.8. The fourth-order valence-electron chi connectivity index (χ4n) is 5.74. The van der Waals surface area contributed by atoms with Crippen LogP contribution >= 0.6 is 0 Å². The number of carbonyl (C=O) groups is 5. The van der Waals surface area contributed by atoms with Crippen LogP contribution in [0.5, 0.6) is 0 Å².